The average Bonchev–Trinajstić information content (AvgIpc) is 3.42. The largest absolute Gasteiger partial charge is 0.435 e. The second-order valence-corrected chi connectivity index (χ2v) is 9.08. The highest BCUT2D eigenvalue weighted by atomic mass is 35.5. The number of halogens is 6. The number of carbonyl (C=O) groups is 2. The maximum atomic E-state index is 14.2. The number of amides is 2. The first-order valence-corrected chi connectivity index (χ1v) is 11.5. The Morgan fingerprint density at radius 3 is 2.47 bits per heavy atom. The summed E-state index contributed by atoms with van der Waals surface area (Å²) in [6.45, 7) is 3.66. The number of carbonyl (C=O) groups excluding carboxylic acids is 2. The molecule has 0 aliphatic carbocycles. The fourth-order valence-electron chi connectivity index (χ4n) is 4.00. The summed E-state index contributed by atoms with van der Waals surface area (Å²) in [5.74, 6) is -1.96. The Bertz CT molecular complexity index is 1250. The summed E-state index contributed by atoms with van der Waals surface area (Å²) in [6, 6.07) is 5.10. The molecule has 2 aliphatic heterocycles. The Labute approximate surface area is 212 Å². The minimum Gasteiger partial charge on any atom is -0.374 e. The lowest BCUT2D eigenvalue weighted by atomic mass is 9.86. The van der Waals surface area contributed by atoms with Gasteiger partial charge in [0.05, 0.1) is 15.8 Å². The normalized spacial score (nSPS) is 22.0. The molecule has 2 aliphatic rings. The molecular weight excluding hydrogens is 529 g/mol. The lowest BCUT2D eigenvalue weighted by Crippen LogP contribution is -2.43. The molecule has 4 rings (SSSR count). The summed E-state index contributed by atoms with van der Waals surface area (Å²) < 4.78 is 56.4. The molecule has 1 saturated heterocycles. The van der Waals surface area contributed by atoms with Crippen molar-refractivity contribution >= 4 is 40.7 Å². The molecule has 0 bridgehead atoms. The maximum Gasteiger partial charge on any atom is 0.435 e. The molecule has 2 aromatic rings. The number of rotatable bonds is 5. The van der Waals surface area contributed by atoms with E-state index < -0.39 is 51.6 Å². The van der Waals surface area contributed by atoms with Crippen LogP contribution in [-0.2, 0) is 20.1 Å². The van der Waals surface area contributed by atoms with Gasteiger partial charge in [0.15, 0.2) is 5.82 Å². The van der Waals surface area contributed by atoms with E-state index in [9.17, 15) is 27.2 Å². The summed E-state index contributed by atoms with van der Waals surface area (Å²) in [4.78, 5) is 35.0. The molecule has 1 fully saturated rings. The SMILES string of the molecule is CCN1OCC(NC(=O)c2ccc(C3=NO[C@@](c4cc(Cl)c(F)c(Cl)c4)(C(F)(F)F)C3)cc2C)C1=O. The first-order valence-electron chi connectivity index (χ1n) is 10.7. The molecule has 1 unspecified atom stereocenters. The van der Waals surface area contributed by atoms with Crippen molar-refractivity contribution in [1.29, 1.82) is 0 Å². The van der Waals surface area contributed by atoms with Gasteiger partial charge in [0.2, 0.25) is 0 Å². The lowest BCUT2D eigenvalue weighted by molar-refractivity contribution is -0.275. The number of likely N-dealkylation sites (N-methyl/N-ethyl adjacent to an activating group) is 1. The number of alkyl halides is 3. The van der Waals surface area contributed by atoms with Gasteiger partial charge in [0.1, 0.15) is 12.6 Å². The Hall–Kier alpha value is -2.89. The van der Waals surface area contributed by atoms with Crippen LogP contribution in [0.25, 0.3) is 0 Å². The minimum absolute atomic E-state index is 0.000628. The van der Waals surface area contributed by atoms with Crippen LogP contribution in [0.2, 0.25) is 10.0 Å². The van der Waals surface area contributed by atoms with Gasteiger partial charge in [-0.25, -0.2) is 9.45 Å². The molecule has 2 atom stereocenters. The zero-order valence-corrected chi connectivity index (χ0v) is 20.4. The summed E-state index contributed by atoms with van der Waals surface area (Å²) in [6.07, 6.45) is -5.68. The summed E-state index contributed by atoms with van der Waals surface area (Å²) in [5.41, 5.74) is -2.53. The Kier molecular flexibility index (Phi) is 6.93. The Morgan fingerprint density at radius 2 is 1.92 bits per heavy atom. The van der Waals surface area contributed by atoms with Crippen molar-refractivity contribution in [3.05, 3.63) is 68.4 Å². The van der Waals surface area contributed by atoms with Crippen LogP contribution in [0.3, 0.4) is 0 Å². The van der Waals surface area contributed by atoms with Gasteiger partial charge in [-0.15, -0.1) is 0 Å². The molecule has 0 spiro atoms. The number of hydroxylamine groups is 2. The van der Waals surface area contributed by atoms with Crippen LogP contribution in [0.4, 0.5) is 17.6 Å². The van der Waals surface area contributed by atoms with Gasteiger partial charge in [0, 0.05) is 24.1 Å². The van der Waals surface area contributed by atoms with E-state index >= 15 is 0 Å². The number of nitrogens with one attached hydrogen (secondary N) is 1. The van der Waals surface area contributed by atoms with E-state index in [1.807, 2.05) is 0 Å². The highest BCUT2D eigenvalue weighted by molar-refractivity contribution is 6.35. The zero-order chi connectivity index (χ0) is 26.4. The predicted molar refractivity (Wildman–Crippen MR) is 122 cm³/mol. The smallest absolute Gasteiger partial charge is 0.374 e. The highest BCUT2D eigenvalue weighted by Gasteiger charge is 2.62. The molecule has 2 heterocycles. The van der Waals surface area contributed by atoms with Gasteiger partial charge in [0.25, 0.3) is 17.4 Å². The minimum atomic E-state index is -4.94. The van der Waals surface area contributed by atoms with Crippen LogP contribution in [0.15, 0.2) is 35.5 Å². The second kappa shape index (κ2) is 9.53. The molecule has 7 nitrogen and oxygen atoms in total. The number of hydrogen-bond acceptors (Lipinski definition) is 5. The molecular formula is C23H19Cl2F4N3O4. The van der Waals surface area contributed by atoms with Gasteiger partial charge in [-0.05, 0) is 49.2 Å². The summed E-state index contributed by atoms with van der Waals surface area (Å²) >= 11 is 11.5. The molecule has 0 aromatic heterocycles. The molecule has 36 heavy (non-hydrogen) atoms. The van der Waals surface area contributed by atoms with Crippen LogP contribution in [0.5, 0.6) is 0 Å². The topological polar surface area (TPSA) is 80.2 Å². The monoisotopic (exact) mass is 547 g/mol. The van der Waals surface area contributed by atoms with Crippen LogP contribution in [0.1, 0.15) is 40.4 Å². The molecule has 2 amide bonds. The number of aryl methyl sites for hydroxylation is 1. The number of benzene rings is 2. The van der Waals surface area contributed by atoms with E-state index in [1.165, 1.54) is 18.2 Å². The van der Waals surface area contributed by atoms with Crippen molar-refractivity contribution in [3.8, 4) is 0 Å². The second-order valence-electron chi connectivity index (χ2n) is 8.27. The van der Waals surface area contributed by atoms with Crippen molar-refractivity contribution in [2.24, 2.45) is 5.16 Å². The number of hydrogen-bond donors (Lipinski definition) is 1. The molecule has 2 aromatic carbocycles. The standard InChI is InChI=1S/C23H19Cl2F4N3O4/c1-3-32-21(34)18(10-35-32)30-20(33)14-5-4-12(6-11(14)2)17-9-22(36-31-17,23(27,28)29)13-7-15(24)19(26)16(25)8-13/h4-8,18H,3,9-10H2,1-2H3,(H,30,33)/t18?,22-/m0/s1. The van der Waals surface area contributed by atoms with E-state index in [0.717, 1.165) is 17.2 Å². The van der Waals surface area contributed by atoms with Crippen LogP contribution < -0.4 is 5.32 Å². The highest BCUT2D eigenvalue weighted by Crippen LogP contribution is 2.50. The Morgan fingerprint density at radius 1 is 1.25 bits per heavy atom. The van der Waals surface area contributed by atoms with Crippen LogP contribution in [0, 0.1) is 12.7 Å². The maximum absolute atomic E-state index is 14.2. The van der Waals surface area contributed by atoms with Gasteiger partial charge in [-0.2, -0.15) is 13.2 Å². The van der Waals surface area contributed by atoms with Crippen molar-refractivity contribution in [2.75, 3.05) is 13.2 Å². The van der Waals surface area contributed by atoms with Crippen molar-refractivity contribution in [3.63, 3.8) is 0 Å². The first kappa shape index (κ1) is 26.2. The third-order valence-electron chi connectivity index (χ3n) is 5.97. The predicted octanol–water partition coefficient (Wildman–Crippen LogP) is 4.92. The molecule has 1 N–H and O–H groups in total. The number of nitrogens with zero attached hydrogens (tertiary/aromatic N) is 2. The zero-order valence-electron chi connectivity index (χ0n) is 18.9. The van der Waals surface area contributed by atoms with E-state index in [-0.39, 0.29) is 29.4 Å². The third-order valence-corrected chi connectivity index (χ3v) is 6.52. The lowest BCUT2D eigenvalue weighted by Gasteiger charge is -2.29. The Balaban J connectivity index is 1.57. The molecule has 13 heteroatoms. The molecule has 192 valence electrons. The molecule has 0 radical (unpaired) electrons. The fourth-order valence-corrected chi connectivity index (χ4v) is 4.49. The van der Waals surface area contributed by atoms with E-state index in [0.29, 0.717) is 12.1 Å². The van der Waals surface area contributed by atoms with E-state index in [2.05, 4.69) is 10.5 Å². The van der Waals surface area contributed by atoms with Crippen molar-refractivity contribution < 1.29 is 36.8 Å². The van der Waals surface area contributed by atoms with Crippen LogP contribution >= 0.6 is 23.2 Å². The first-order chi connectivity index (χ1) is 16.9. The third kappa shape index (κ3) is 4.51. The van der Waals surface area contributed by atoms with E-state index in [4.69, 9.17) is 32.9 Å². The number of oxime groups is 1. The summed E-state index contributed by atoms with van der Waals surface area (Å²) in [5, 5.41) is 6.23. The van der Waals surface area contributed by atoms with Gasteiger partial charge >= 0.3 is 6.18 Å². The van der Waals surface area contributed by atoms with Crippen LogP contribution in [-0.4, -0.2) is 48.0 Å². The van der Waals surface area contributed by atoms with E-state index in [1.54, 1.807) is 13.8 Å². The molecule has 0 saturated carbocycles. The summed E-state index contributed by atoms with van der Waals surface area (Å²) in [7, 11) is 0. The van der Waals surface area contributed by atoms with Gasteiger partial charge in [-0.1, -0.05) is 34.4 Å². The van der Waals surface area contributed by atoms with Gasteiger partial charge < -0.3 is 10.2 Å². The quantitative estimate of drug-likeness (QED) is 0.426. The fraction of sp³-hybridized carbons (Fsp3) is 0.348. The van der Waals surface area contributed by atoms with Crippen molar-refractivity contribution in [2.45, 2.75) is 38.1 Å². The van der Waals surface area contributed by atoms with Gasteiger partial charge in [-0.3, -0.25) is 14.4 Å². The average molecular weight is 548 g/mol. The van der Waals surface area contributed by atoms with Crippen molar-refractivity contribution in [1.82, 2.24) is 10.4 Å².